The van der Waals surface area contributed by atoms with Gasteiger partial charge in [-0.15, -0.1) is 0 Å². The molecule has 4 atom stereocenters. The van der Waals surface area contributed by atoms with Gasteiger partial charge in [0.25, 0.3) is 0 Å². The van der Waals surface area contributed by atoms with Crippen molar-refractivity contribution in [2.24, 2.45) is 0 Å². The number of rotatable bonds is 8. The Bertz CT molecular complexity index is 661. The topological polar surface area (TPSA) is 102 Å². The van der Waals surface area contributed by atoms with Crippen molar-refractivity contribution in [3.63, 3.8) is 0 Å². The summed E-state index contributed by atoms with van der Waals surface area (Å²) in [5, 5.41) is 0. The molecule has 4 rings (SSSR count). The second-order valence-electron chi connectivity index (χ2n) is 9.08. The zero-order valence-corrected chi connectivity index (χ0v) is 30.6. The first-order chi connectivity index (χ1) is 16.6. The molecule has 11 nitrogen and oxygen atoms in total. The van der Waals surface area contributed by atoms with E-state index in [9.17, 15) is 0 Å². The second-order valence-corrected chi connectivity index (χ2v) is 34.4. The van der Waals surface area contributed by atoms with Crippen molar-refractivity contribution in [3.8, 4) is 0 Å². The Kier molecular flexibility index (Phi) is 25.0. The molecule has 4 unspecified atom stereocenters. The smallest absolute Gasteiger partial charge is 0.397 e. The molecule has 4 heterocycles. The minimum absolute atomic E-state index is 0. The van der Waals surface area contributed by atoms with Gasteiger partial charge in [-0.2, -0.15) is 0 Å². The highest BCUT2D eigenvalue weighted by atomic mass is 28.6. The normalized spacial score (nSPS) is 40.7. The van der Waals surface area contributed by atoms with Crippen LogP contribution in [-0.4, -0.2) is 71.4 Å². The van der Waals surface area contributed by atoms with Crippen LogP contribution in [0.15, 0.2) is 0 Å². The van der Waals surface area contributed by atoms with Gasteiger partial charge in [-0.25, -0.2) is 0 Å². The molecule has 4 aliphatic rings. The van der Waals surface area contributed by atoms with Gasteiger partial charge in [0.1, 0.15) is 0 Å². The van der Waals surface area contributed by atoms with E-state index >= 15 is 0 Å². The molecule has 268 valence electrons. The molecule has 0 N–H and O–H groups in total. The number of hydrogen-bond acceptors (Lipinski definition) is 11. The average Bonchev–Trinajstić information content (AvgIpc) is 2.83. The molecule has 0 aromatic carbocycles. The van der Waals surface area contributed by atoms with Gasteiger partial charge in [-0.05, 0) is 12.1 Å². The van der Waals surface area contributed by atoms with E-state index in [0.29, 0.717) is 36.3 Å². The van der Waals surface area contributed by atoms with E-state index in [1.807, 2.05) is 41.5 Å². The fraction of sp³-hybridized carbons (Fsp3) is 1.00. The maximum Gasteiger partial charge on any atom is 0.478 e. The molecule has 0 aromatic rings. The van der Waals surface area contributed by atoms with Gasteiger partial charge >= 0.3 is 71.4 Å². The lowest BCUT2D eigenvalue weighted by Gasteiger charge is -2.58. The Morgan fingerprint density at radius 3 is 0.628 bits per heavy atom. The molecule has 0 saturated carbocycles. The summed E-state index contributed by atoms with van der Waals surface area (Å²) >= 11 is 0. The van der Waals surface area contributed by atoms with Crippen LogP contribution >= 0.6 is 0 Å². The van der Waals surface area contributed by atoms with Gasteiger partial charge < -0.3 is 45.3 Å². The molecule has 4 saturated heterocycles. The molecule has 0 radical (unpaired) electrons. The maximum absolute atomic E-state index is 7.00. The minimum atomic E-state index is -3.45. The molecule has 4 fully saturated rings. The van der Waals surface area contributed by atoms with Crippen LogP contribution in [0, 0.1) is 0 Å². The lowest BCUT2D eigenvalue weighted by atomic mass is 11.0. The Morgan fingerprint density at radius 2 is 0.465 bits per heavy atom. The number of hydrogen-bond donors (Lipinski definition) is 0. The molecular weight excluding hydrogens is 689 g/mol. The van der Waals surface area contributed by atoms with Crippen molar-refractivity contribution < 1.29 is 45.3 Å². The highest BCUT2D eigenvalue weighted by Crippen LogP contribution is 2.47. The molecule has 0 spiro atoms. The monoisotopic (exact) mass is 762 g/mol. The molecule has 6 bridgehead atoms. The summed E-state index contributed by atoms with van der Waals surface area (Å²) in [4.78, 5) is 0. The van der Waals surface area contributed by atoms with Crippen LogP contribution < -0.4 is 0 Å². The van der Waals surface area contributed by atoms with E-state index in [-0.39, 0.29) is 59.4 Å². The lowest BCUT2D eigenvalue weighted by molar-refractivity contribution is 0.0145. The predicted molar refractivity (Wildman–Crippen MR) is 198 cm³/mol. The van der Waals surface area contributed by atoms with Gasteiger partial charge in [-0.1, -0.05) is 115 Å². The molecule has 43 heavy (non-hydrogen) atoms. The van der Waals surface area contributed by atoms with Gasteiger partial charge in [0.05, 0.1) is 0 Å². The molecule has 0 aliphatic carbocycles. The Labute approximate surface area is 278 Å². The third kappa shape index (κ3) is 10.1. The van der Waals surface area contributed by atoms with Crippen LogP contribution in [0.25, 0.3) is 0 Å². The van der Waals surface area contributed by atoms with Gasteiger partial charge in [0.15, 0.2) is 0 Å². The highest BCUT2D eigenvalue weighted by Gasteiger charge is 2.75. The van der Waals surface area contributed by atoms with Crippen LogP contribution in [0.4, 0.5) is 0 Å². The predicted octanol–water partition coefficient (Wildman–Crippen LogP) is 8.55. The Morgan fingerprint density at radius 1 is 0.302 bits per heavy atom. The second kappa shape index (κ2) is 20.0. The van der Waals surface area contributed by atoms with Crippen molar-refractivity contribution in [3.05, 3.63) is 0 Å². The van der Waals surface area contributed by atoms with Crippen LogP contribution in [0.2, 0.25) is 48.4 Å². The molecular formula is C24H74O11Si8. The van der Waals surface area contributed by atoms with Crippen molar-refractivity contribution >= 4 is 71.4 Å². The summed E-state index contributed by atoms with van der Waals surface area (Å²) in [6.07, 6.45) is 0. The van der Waals surface area contributed by atoms with Crippen molar-refractivity contribution in [1.29, 1.82) is 0 Å². The van der Waals surface area contributed by atoms with Crippen LogP contribution in [0.3, 0.4) is 0 Å². The van der Waals surface area contributed by atoms with Crippen LogP contribution in [-0.2, 0) is 45.3 Å². The first kappa shape index (κ1) is 53.8. The van der Waals surface area contributed by atoms with Crippen molar-refractivity contribution in [1.82, 2.24) is 0 Å². The first-order valence-corrected chi connectivity index (χ1v) is 28.3. The van der Waals surface area contributed by atoms with Crippen molar-refractivity contribution in [2.75, 3.05) is 0 Å². The Hall–Kier alpha value is 1.30. The standard InChI is InChI=1S/C16H42O11Si8.8CH4/c1-9-28-17-30(11-3)21-32(13-5)19-29(10-2)20-33(14-6)22-31(12-4,18-28)24-34(15-7,23-30)27-35(16-8,25-32)26-33;;;;;;;;/h28-29H,9-16H2,1-8H3;8*1H4. The van der Waals surface area contributed by atoms with E-state index in [0.717, 1.165) is 12.1 Å². The lowest BCUT2D eigenvalue weighted by Crippen LogP contribution is -2.82. The largest absolute Gasteiger partial charge is 0.478 e. The molecule has 4 aliphatic heterocycles. The minimum Gasteiger partial charge on any atom is -0.397 e. The van der Waals surface area contributed by atoms with E-state index < -0.39 is 71.4 Å². The molecule has 0 aromatic heterocycles. The summed E-state index contributed by atoms with van der Waals surface area (Å²) in [7, 11) is -25.0. The summed E-state index contributed by atoms with van der Waals surface area (Å²) in [6.45, 7) is 16.3. The van der Waals surface area contributed by atoms with Crippen LogP contribution in [0.1, 0.15) is 115 Å². The SMILES string of the molecule is C.C.C.C.C.C.C.C.CC[SiH]1O[Si]2(CC)O[Si]3(CC)O[SiH](CC)O[Si]4(CC)O[Si](CC)(O1)O[Si](CC)(O2)O[Si](CC)(O3)O4. The zero-order valence-electron chi connectivity index (χ0n) is 22.3. The summed E-state index contributed by atoms with van der Waals surface area (Å²) < 4.78 is 76.3. The van der Waals surface area contributed by atoms with Gasteiger partial charge in [0, 0.05) is 36.3 Å². The molecule has 0 amide bonds. The molecule has 19 heteroatoms. The third-order valence-corrected chi connectivity index (χ3v) is 40.6. The van der Waals surface area contributed by atoms with E-state index in [4.69, 9.17) is 45.3 Å². The van der Waals surface area contributed by atoms with E-state index in [2.05, 4.69) is 13.8 Å². The first-order valence-electron chi connectivity index (χ1n) is 13.2. The Balaban J connectivity index is -0.000000602. The summed E-state index contributed by atoms with van der Waals surface area (Å²) in [5.41, 5.74) is 0. The van der Waals surface area contributed by atoms with Crippen molar-refractivity contribution in [2.45, 2.75) is 163 Å². The fourth-order valence-electron chi connectivity index (χ4n) is 4.59. The quantitative estimate of drug-likeness (QED) is 0.223. The van der Waals surface area contributed by atoms with E-state index in [1.54, 1.807) is 0 Å². The summed E-state index contributed by atoms with van der Waals surface area (Å²) in [5.74, 6) is 0. The average molecular weight is 764 g/mol. The van der Waals surface area contributed by atoms with Gasteiger partial charge in [0.2, 0.25) is 0 Å². The van der Waals surface area contributed by atoms with Crippen LogP contribution in [0.5, 0.6) is 0 Å². The highest BCUT2D eigenvalue weighted by molar-refractivity contribution is 6.99. The van der Waals surface area contributed by atoms with E-state index in [1.165, 1.54) is 0 Å². The third-order valence-electron chi connectivity index (χ3n) is 6.69. The summed E-state index contributed by atoms with van der Waals surface area (Å²) in [6, 6.07) is 4.61. The number of fused-ring (bicyclic) bond motifs is 4. The van der Waals surface area contributed by atoms with Gasteiger partial charge in [-0.3, -0.25) is 0 Å². The zero-order chi connectivity index (χ0) is 25.6. The fourth-order valence-corrected chi connectivity index (χ4v) is 49.3. The maximum atomic E-state index is 7.00.